The van der Waals surface area contributed by atoms with E-state index in [4.69, 9.17) is 5.73 Å². The van der Waals surface area contributed by atoms with Crippen molar-refractivity contribution in [3.63, 3.8) is 0 Å². The molecule has 1 aromatic heterocycles. The van der Waals surface area contributed by atoms with Crippen LogP contribution in [-0.4, -0.2) is 57.8 Å². The average molecular weight is 346 g/mol. The molecule has 2 aliphatic carbocycles. The van der Waals surface area contributed by atoms with Crippen LogP contribution in [0.1, 0.15) is 32.6 Å². The van der Waals surface area contributed by atoms with Gasteiger partial charge in [-0.2, -0.15) is 9.97 Å². The molecule has 2 saturated carbocycles. The highest BCUT2D eigenvalue weighted by molar-refractivity contribution is 5.66. The zero-order chi connectivity index (χ0) is 17.6. The summed E-state index contributed by atoms with van der Waals surface area (Å²) in [6, 6.07) is 2.36. The topological polar surface area (TPSA) is 108 Å². The van der Waals surface area contributed by atoms with Crippen LogP contribution in [0.3, 0.4) is 0 Å². The van der Waals surface area contributed by atoms with E-state index in [-0.39, 0.29) is 12.0 Å². The van der Waals surface area contributed by atoms with Crippen molar-refractivity contribution < 1.29 is 9.90 Å². The summed E-state index contributed by atoms with van der Waals surface area (Å²) < 4.78 is 0. The van der Waals surface area contributed by atoms with E-state index in [1.54, 1.807) is 0 Å². The van der Waals surface area contributed by atoms with Crippen LogP contribution in [0.4, 0.5) is 22.4 Å². The lowest BCUT2D eigenvalue weighted by Crippen LogP contribution is -2.54. The predicted molar refractivity (Wildman–Crippen MR) is 95.7 cm³/mol. The van der Waals surface area contributed by atoms with Crippen molar-refractivity contribution in [3.05, 3.63) is 6.07 Å². The number of carbonyl (C=O) groups is 1. The van der Waals surface area contributed by atoms with Crippen molar-refractivity contribution >= 4 is 23.7 Å². The number of nitrogens with one attached hydrogen (secondary N) is 1. The van der Waals surface area contributed by atoms with Gasteiger partial charge < -0.3 is 26.0 Å². The normalized spacial score (nSPS) is 31.4. The Hall–Kier alpha value is -2.25. The number of nitrogens with two attached hydrogens (primary N) is 1. The summed E-state index contributed by atoms with van der Waals surface area (Å²) >= 11 is 0. The molecule has 4 atom stereocenters. The Morgan fingerprint density at radius 3 is 2.80 bits per heavy atom. The summed E-state index contributed by atoms with van der Waals surface area (Å²) in [7, 11) is 0. The van der Waals surface area contributed by atoms with E-state index in [0.29, 0.717) is 25.7 Å². The first kappa shape index (κ1) is 16.2. The molecular weight excluding hydrogens is 320 g/mol. The average Bonchev–Trinajstić information content (AvgIpc) is 3.16. The Labute approximate surface area is 147 Å². The van der Waals surface area contributed by atoms with E-state index in [1.165, 1.54) is 30.6 Å². The van der Waals surface area contributed by atoms with Gasteiger partial charge >= 0.3 is 6.09 Å². The second-order valence-corrected chi connectivity index (χ2v) is 7.67. The lowest BCUT2D eigenvalue weighted by molar-refractivity contribution is 0.122. The summed E-state index contributed by atoms with van der Waals surface area (Å²) in [5.74, 6) is 3.44. The van der Waals surface area contributed by atoms with E-state index in [9.17, 15) is 9.90 Å². The number of rotatable bonds is 3. The smallest absolute Gasteiger partial charge is 0.407 e. The van der Waals surface area contributed by atoms with Crippen LogP contribution in [0.2, 0.25) is 0 Å². The molecule has 25 heavy (non-hydrogen) atoms. The number of nitrogens with zero attached hydrogens (tertiary/aromatic N) is 4. The Kier molecular flexibility index (Phi) is 4.05. The molecule has 0 radical (unpaired) electrons. The van der Waals surface area contributed by atoms with E-state index in [2.05, 4.69) is 20.2 Å². The van der Waals surface area contributed by atoms with Gasteiger partial charge in [-0.15, -0.1) is 0 Å². The van der Waals surface area contributed by atoms with Gasteiger partial charge in [-0.3, -0.25) is 0 Å². The highest BCUT2D eigenvalue weighted by Crippen LogP contribution is 2.45. The lowest BCUT2D eigenvalue weighted by atomic mass is 9.95. The molecule has 3 fully saturated rings. The molecule has 0 aromatic carbocycles. The van der Waals surface area contributed by atoms with Crippen molar-refractivity contribution in [1.29, 1.82) is 0 Å². The lowest BCUT2D eigenvalue weighted by Gasteiger charge is -2.39. The molecule has 1 saturated heterocycles. The van der Waals surface area contributed by atoms with Gasteiger partial charge in [0.05, 0.1) is 0 Å². The Morgan fingerprint density at radius 1 is 1.32 bits per heavy atom. The number of piperazine rings is 1. The zero-order valence-electron chi connectivity index (χ0n) is 14.6. The maximum absolute atomic E-state index is 11.2. The molecule has 8 nitrogen and oxygen atoms in total. The Balaban J connectivity index is 1.47. The summed E-state index contributed by atoms with van der Waals surface area (Å²) in [6.07, 6.45) is 4.36. The largest absolute Gasteiger partial charge is 0.465 e. The predicted octanol–water partition coefficient (Wildman–Crippen LogP) is 1.85. The third kappa shape index (κ3) is 3.17. The number of amides is 1. The third-order valence-corrected chi connectivity index (χ3v) is 6.00. The quantitative estimate of drug-likeness (QED) is 0.766. The highest BCUT2D eigenvalue weighted by Gasteiger charge is 2.39. The highest BCUT2D eigenvalue weighted by atomic mass is 16.4. The first-order chi connectivity index (χ1) is 12.0. The molecule has 3 aliphatic rings. The van der Waals surface area contributed by atoms with Gasteiger partial charge in [0.15, 0.2) is 0 Å². The molecule has 1 aliphatic heterocycles. The second kappa shape index (κ2) is 6.24. The van der Waals surface area contributed by atoms with Crippen molar-refractivity contribution in [1.82, 2.24) is 14.9 Å². The van der Waals surface area contributed by atoms with Gasteiger partial charge in [-0.25, -0.2) is 4.79 Å². The molecule has 1 unspecified atom stereocenters. The van der Waals surface area contributed by atoms with Crippen LogP contribution in [0.25, 0.3) is 0 Å². The van der Waals surface area contributed by atoms with Gasteiger partial charge in [0.25, 0.3) is 0 Å². The number of hydrogen-bond donors (Lipinski definition) is 3. The summed E-state index contributed by atoms with van der Waals surface area (Å²) in [4.78, 5) is 23.5. The minimum atomic E-state index is -0.868. The first-order valence-corrected chi connectivity index (χ1v) is 9.15. The van der Waals surface area contributed by atoms with Crippen LogP contribution in [0, 0.1) is 11.8 Å². The van der Waals surface area contributed by atoms with E-state index in [0.717, 1.165) is 23.5 Å². The van der Waals surface area contributed by atoms with E-state index >= 15 is 0 Å². The van der Waals surface area contributed by atoms with Crippen molar-refractivity contribution in [2.45, 2.75) is 44.7 Å². The second-order valence-electron chi connectivity index (χ2n) is 7.67. The van der Waals surface area contributed by atoms with Gasteiger partial charge in [0.2, 0.25) is 5.95 Å². The fourth-order valence-corrected chi connectivity index (χ4v) is 4.75. The minimum absolute atomic E-state index is 0.0792. The van der Waals surface area contributed by atoms with Crippen LogP contribution < -0.4 is 16.0 Å². The number of hydrogen-bond acceptors (Lipinski definition) is 6. The SMILES string of the molecule is CC1CN(c2cc(N[C@@H]3C[C@H]4CC[C@@H]3C4)nc(N)n2)CCN1C(=O)O. The van der Waals surface area contributed by atoms with Crippen LogP contribution in [0.15, 0.2) is 6.07 Å². The molecule has 8 heteroatoms. The van der Waals surface area contributed by atoms with Gasteiger partial charge in [0.1, 0.15) is 11.6 Å². The van der Waals surface area contributed by atoms with Crippen molar-refractivity contribution in [3.8, 4) is 0 Å². The number of fused-ring (bicyclic) bond motifs is 2. The van der Waals surface area contributed by atoms with Gasteiger partial charge in [-0.05, 0) is 38.0 Å². The Bertz CT molecular complexity index is 669. The fraction of sp³-hybridized carbons (Fsp3) is 0.706. The van der Waals surface area contributed by atoms with Crippen LogP contribution >= 0.6 is 0 Å². The number of anilines is 3. The minimum Gasteiger partial charge on any atom is -0.465 e. The molecular formula is C17H26N6O2. The van der Waals surface area contributed by atoms with E-state index in [1.807, 2.05) is 13.0 Å². The number of nitrogen functional groups attached to an aromatic ring is 1. The third-order valence-electron chi connectivity index (χ3n) is 6.00. The molecule has 4 N–H and O–H groups in total. The van der Waals surface area contributed by atoms with Crippen molar-refractivity contribution in [2.24, 2.45) is 11.8 Å². The van der Waals surface area contributed by atoms with Crippen LogP contribution in [0.5, 0.6) is 0 Å². The monoisotopic (exact) mass is 346 g/mol. The number of aromatic nitrogens is 2. The summed E-state index contributed by atoms with van der Waals surface area (Å²) in [6.45, 7) is 3.60. The number of carboxylic acid groups (broad SMARTS) is 1. The summed E-state index contributed by atoms with van der Waals surface area (Å²) in [5, 5.41) is 12.8. The zero-order valence-corrected chi connectivity index (χ0v) is 14.6. The maximum atomic E-state index is 11.2. The first-order valence-electron chi connectivity index (χ1n) is 9.15. The molecule has 2 bridgehead atoms. The van der Waals surface area contributed by atoms with Gasteiger partial charge in [-0.1, -0.05) is 6.42 Å². The van der Waals surface area contributed by atoms with Crippen molar-refractivity contribution in [2.75, 3.05) is 35.6 Å². The Morgan fingerprint density at radius 2 is 2.16 bits per heavy atom. The molecule has 1 amide bonds. The molecule has 0 spiro atoms. The fourth-order valence-electron chi connectivity index (χ4n) is 4.75. The molecule has 4 rings (SSSR count). The maximum Gasteiger partial charge on any atom is 0.407 e. The summed E-state index contributed by atoms with van der Waals surface area (Å²) in [5.41, 5.74) is 5.93. The molecule has 136 valence electrons. The van der Waals surface area contributed by atoms with E-state index < -0.39 is 6.09 Å². The van der Waals surface area contributed by atoms with Gasteiger partial charge in [0, 0.05) is 37.8 Å². The standard InChI is InChI=1S/C17H26N6O2/c1-10-9-22(4-5-23(10)17(24)25)15-8-14(20-16(18)21-15)19-13-7-11-2-3-12(13)6-11/h8,10-13H,2-7,9H2,1H3,(H,24,25)(H3,18,19,20,21)/t10?,11-,12+,13+/m0/s1. The van der Waals surface area contributed by atoms with Crippen LogP contribution in [-0.2, 0) is 0 Å². The molecule has 2 heterocycles. The molecule has 1 aromatic rings.